The van der Waals surface area contributed by atoms with Crippen molar-refractivity contribution in [1.82, 2.24) is 15.1 Å². The highest BCUT2D eigenvalue weighted by Crippen LogP contribution is 2.34. The Labute approximate surface area is 155 Å². The number of rotatable bonds is 6. The van der Waals surface area contributed by atoms with Gasteiger partial charge in [-0.3, -0.25) is 9.69 Å². The van der Waals surface area contributed by atoms with Gasteiger partial charge in [0.1, 0.15) is 11.6 Å². The van der Waals surface area contributed by atoms with E-state index in [0.29, 0.717) is 12.3 Å². The lowest BCUT2D eigenvalue weighted by atomic mass is 9.79. The minimum atomic E-state index is -0.312. The zero-order valence-electron chi connectivity index (χ0n) is 15.7. The molecule has 0 spiro atoms. The molecule has 0 radical (unpaired) electrons. The summed E-state index contributed by atoms with van der Waals surface area (Å²) in [6.07, 6.45) is 6.05. The van der Waals surface area contributed by atoms with E-state index in [1.807, 2.05) is 0 Å². The van der Waals surface area contributed by atoms with Gasteiger partial charge in [0.15, 0.2) is 6.61 Å². The van der Waals surface area contributed by atoms with Crippen LogP contribution in [-0.2, 0) is 4.79 Å². The number of ether oxygens (including phenoxy) is 1. The highest BCUT2D eigenvalue weighted by Gasteiger charge is 2.39. The summed E-state index contributed by atoms with van der Waals surface area (Å²) >= 11 is 0. The van der Waals surface area contributed by atoms with E-state index in [1.165, 1.54) is 43.5 Å². The Morgan fingerprint density at radius 2 is 1.77 bits per heavy atom. The molecule has 2 aliphatic rings. The molecule has 1 aromatic carbocycles. The summed E-state index contributed by atoms with van der Waals surface area (Å²) in [6, 6.07) is 5.74. The van der Waals surface area contributed by atoms with E-state index >= 15 is 0 Å². The fourth-order valence-electron chi connectivity index (χ4n) is 4.09. The number of carbonyl (C=O) groups excluding carboxylic acids is 1. The predicted octanol–water partition coefficient (Wildman–Crippen LogP) is 2.27. The van der Waals surface area contributed by atoms with Crippen LogP contribution in [0.15, 0.2) is 24.3 Å². The predicted molar refractivity (Wildman–Crippen MR) is 99.8 cm³/mol. The minimum Gasteiger partial charge on any atom is -0.484 e. The van der Waals surface area contributed by atoms with Crippen LogP contribution in [0.2, 0.25) is 0 Å². The maximum atomic E-state index is 12.9. The van der Waals surface area contributed by atoms with Crippen molar-refractivity contribution < 1.29 is 13.9 Å². The van der Waals surface area contributed by atoms with Crippen LogP contribution in [0.3, 0.4) is 0 Å². The van der Waals surface area contributed by atoms with Gasteiger partial charge in [-0.05, 0) is 44.2 Å². The number of nitrogens with zero attached hydrogens (tertiary/aromatic N) is 2. The third-order valence-electron chi connectivity index (χ3n) is 5.76. The molecule has 0 atom stereocenters. The van der Waals surface area contributed by atoms with E-state index in [1.54, 1.807) is 0 Å². The zero-order valence-corrected chi connectivity index (χ0v) is 15.7. The number of nitrogens with one attached hydrogen (secondary N) is 1. The highest BCUT2D eigenvalue weighted by atomic mass is 19.1. The number of hydrogen-bond acceptors (Lipinski definition) is 4. The minimum absolute atomic E-state index is 0.0373. The number of benzene rings is 1. The number of piperazine rings is 1. The number of carbonyl (C=O) groups is 1. The van der Waals surface area contributed by atoms with E-state index in [4.69, 9.17) is 4.74 Å². The quantitative estimate of drug-likeness (QED) is 0.842. The van der Waals surface area contributed by atoms with Crippen molar-refractivity contribution >= 4 is 5.91 Å². The topological polar surface area (TPSA) is 44.8 Å². The molecule has 1 aromatic rings. The molecule has 0 unspecified atom stereocenters. The fourth-order valence-corrected chi connectivity index (χ4v) is 4.09. The Morgan fingerprint density at radius 1 is 1.12 bits per heavy atom. The molecule has 1 amide bonds. The summed E-state index contributed by atoms with van der Waals surface area (Å²) in [4.78, 5) is 17.2. The van der Waals surface area contributed by atoms with E-state index in [-0.39, 0.29) is 23.9 Å². The molecule has 1 saturated heterocycles. The zero-order chi connectivity index (χ0) is 18.4. The van der Waals surface area contributed by atoms with Gasteiger partial charge >= 0.3 is 0 Å². The summed E-state index contributed by atoms with van der Waals surface area (Å²) in [5, 5.41) is 3.09. The fraction of sp³-hybridized carbons (Fsp3) is 0.650. The van der Waals surface area contributed by atoms with Gasteiger partial charge < -0.3 is 15.0 Å². The molecule has 0 bridgehead atoms. The third-order valence-corrected chi connectivity index (χ3v) is 5.76. The summed E-state index contributed by atoms with van der Waals surface area (Å²) in [5.74, 6) is 0.0783. The Hall–Kier alpha value is -1.66. The Bertz CT molecular complexity index is 579. The lowest BCUT2D eigenvalue weighted by Gasteiger charge is -2.49. The first-order chi connectivity index (χ1) is 12.6. The Morgan fingerprint density at radius 3 is 2.42 bits per heavy atom. The van der Waals surface area contributed by atoms with E-state index < -0.39 is 0 Å². The lowest BCUT2D eigenvalue weighted by Crippen LogP contribution is -2.61. The van der Waals surface area contributed by atoms with Gasteiger partial charge in [0.2, 0.25) is 0 Å². The molecule has 1 aliphatic heterocycles. The SMILES string of the molecule is CN1CCN(C2(CNC(=O)COc3ccc(F)cc3)CCCCC2)CC1. The first kappa shape index (κ1) is 19.1. The maximum absolute atomic E-state index is 12.9. The standard InChI is InChI=1S/C20H30FN3O2/c1-23-11-13-24(14-12-23)20(9-3-2-4-10-20)16-22-19(25)15-26-18-7-5-17(21)6-8-18/h5-8H,2-4,9-16H2,1H3,(H,22,25). The number of hydrogen-bond donors (Lipinski definition) is 1. The molecular formula is C20H30FN3O2. The molecule has 1 aliphatic carbocycles. The monoisotopic (exact) mass is 363 g/mol. The summed E-state index contributed by atoms with van der Waals surface area (Å²) in [6.45, 7) is 4.95. The van der Waals surface area contributed by atoms with Crippen LogP contribution in [0.5, 0.6) is 5.75 Å². The summed E-state index contributed by atoms with van der Waals surface area (Å²) < 4.78 is 18.4. The molecule has 6 heteroatoms. The van der Waals surface area contributed by atoms with Crippen molar-refractivity contribution in [3.63, 3.8) is 0 Å². The van der Waals surface area contributed by atoms with Crippen molar-refractivity contribution in [3.8, 4) is 5.75 Å². The van der Waals surface area contributed by atoms with Crippen LogP contribution in [0.4, 0.5) is 4.39 Å². The van der Waals surface area contributed by atoms with Crippen molar-refractivity contribution in [2.24, 2.45) is 0 Å². The van der Waals surface area contributed by atoms with Gasteiger partial charge in [0.25, 0.3) is 5.91 Å². The van der Waals surface area contributed by atoms with Crippen LogP contribution >= 0.6 is 0 Å². The van der Waals surface area contributed by atoms with Crippen molar-refractivity contribution in [3.05, 3.63) is 30.1 Å². The second-order valence-electron chi connectivity index (χ2n) is 7.59. The normalized spacial score (nSPS) is 21.3. The molecule has 3 rings (SSSR count). The van der Waals surface area contributed by atoms with Crippen molar-refractivity contribution in [2.75, 3.05) is 46.4 Å². The molecule has 2 fully saturated rings. The highest BCUT2D eigenvalue weighted by molar-refractivity contribution is 5.77. The number of likely N-dealkylation sites (N-methyl/N-ethyl adjacent to an activating group) is 1. The lowest BCUT2D eigenvalue weighted by molar-refractivity contribution is -0.124. The maximum Gasteiger partial charge on any atom is 0.258 e. The third kappa shape index (κ3) is 4.95. The van der Waals surface area contributed by atoms with Crippen LogP contribution < -0.4 is 10.1 Å². The molecule has 1 saturated carbocycles. The van der Waals surface area contributed by atoms with Gasteiger partial charge in [-0.15, -0.1) is 0 Å². The second-order valence-corrected chi connectivity index (χ2v) is 7.59. The van der Waals surface area contributed by atoms with Crippen LogP contribution in [0.1, 0.15) is 32.1 Å². The van der Waals surface area contributed by atoms with Crippen LogP contribution in [-0.4, -0.2) is 67.6 Å². The Balaban J connectivity index is 1.52. The second kappa shape index (κ2) is 8.82. The molecule has 0 aromatic heterocycles. The number of halogens is 1. The molecule has 144 valence electrons. The Kier molecular flexibility index (Phi) is 6.48. The molecule has 1 heterocycles. The average Bonchev–Trinajstić information content (AvgIpc) is 2.67. The van der Waals surface area contributed by atoms with Crippen LogP contribution in [0, 0.1) is 5.82 Å². The van der Waals surface area contributed by atoms with Crippen molar-refractivity contribution in [1.29, 1.82) is 0 Å². The van der Waals surface area contributed by atoms with Gasteiger partial charge in [0.05, 0.1) is 0 Å². The largest absolute Gasteiger partial charge is 0.484 e. The number of amides is 1. The van der Waals surface area contributed by atoms with E-state index in [9.17, 15) is 9.18 Å². The first-order valence-electron chi connectivity index (χ1n) is 9.66. The van der Waals surface area contributed by atoms with Gasteiger partial charge in [-0.2, -0.15) is 0 Å². The van der Waals surface area contributed by atoms with E-state index in [2.05, 4.69) is 22.2 Å². The van der Waals surface area contributed by atoms with Crippen molar-refractivity contribution in [2.45, 2.75) is 37.6 Å². The molecule has 1 N–H and O–H groups in total. The van der Waals surface area contributed by atoms with Crippen LogP contribution in [0.25, 0.3) is 0 Å². The smallest absolute Gasteiger partial charge is 0.258 e. The molecular weight excluding hydrogens is 333 g/mol. The van der Waals surface area contributed by atoms with E-state index in [0.717, 1.165) is 39.0 Å². The summed E-state index contributed by atoms with van der Waals surface area (Å²) in [7, 11) is 2.17. The average molecular weight is 363 g/mol. The summed E-state index contributed by atoms with van der Waals surface area (Å²) in [5.41, 5.74) is 0.0883. The molecule has 26 heavy (non-hydrogen) atoms. The molecule has 5 nitrogen and oxygen atoms in total. The van der Waals surface area contributed by atoms with Gasteiger partial charge in [-0.1, -0.05) is 19.3 Å². The van der Waals surface area contributed by atoms with Gasteiger partial charge in [0, 0.05) is 38.3 Å². The first-order valence-corrected chi connectivity index (χ1v) is 9.66. The van der Waals surface area contributed by atoms with Gasteiger partial charge in [-0.25, -0.2) is 4.39 Å².